The molecule has 1 fully saturated rings. The third-order valence-corrected chi connectivity index (χ3v) is 6.38. The van der Waals surface area contributed by atoms with E-state index in [1.807, 2.05) is 7.05 Å². The van der Waals surface area contributed by atoms with E-state index in [-0.39, 0.29) is 0 Å². The summed E-state index contributed by atoms with van der Waals surface area (Å²) in [6, 6.07) is 2.20. The van der Waals surface area contributed by atoms with Crippen molar-refractivity contribution < 1.29 is 8.42 Å². The van der Waals surface area contributed by atoms with Gasteiger partial charge in [0.05, 0.1) is 4.90 Å². The highest BCUT2D eigenvalue weighted by Gasteiger charge is 2.28. The zero-order chi connectivity index (χ0) is 14.8. The quantitative estimate of drug-likeness (QED) is 0.886. The van der Waals surface area contributed by atoms with E-state index in [0.717, 1.165) is 24.5 Å². The molecule has 1 saturated heterocycles. The van der Waals surface area contributed by atoms with E-state index in [0.29, 0.717) is 24.0 Å². The van der Waals surface area contributed by atoms with E-state index in [2.05, 4.69) is 24.1 Å². The molecule has 1 aliphatic heterocycles. The number of nitrogens with zero attached hydrogens (tertiary/aromatic N) is 2. The van der Waals surface area contributed by atoms with Crippen molar-refractivity contribution in [2.75, 3.05) is 33.2 Å². The molecule has 0 amide bonds. The number of piperazine rings is 1. The average Bonchev–Trinajstić information content (AvgIpc) is 2.86. The van der Waals surface area contributed by atoms with Crippen LogP contribution in [0.1, 0.15) is 18.7 Å². The minimum atomic E-state index is -3.31. The number of nitrogens with one attached hydrogen (secondary N) is 1. The van der Waals surface area contributed by atoms with E-state index < -0.39 is 10.0 Å². The maximum atomic E-state index is 12.5. The molecule has 0 radical (unpaired) electrons. The van der Waals surface area contributed by atoms with Gasteiger partial charge in [-0.25, -0.2) is 8.42 Å². The molecule has 0 atom stereocenters. The predicted molar refractivity (Wildman–Crippen MR) is 82.6 cm³/mol. The number of thiophene rings is 1. The summed E-state index contributed by atoms with van der Waals surface area (Å²) in [7, 11) is -1.30. The Balaban J connectivity index is 2.06. The van der Waals surface area contributed by atoms with E-state index in [1.165, 1.54) is 11.3 Å². The number of rotatable bonds is 5. The van der Waals surface area contributed by atoms with E-state index in [1.54, 1.807) is 15.8 Å². The number of likely N-dealkylation sites (N-methyl/N-ethyl adjacent to an activating group) is 1. The SMILES string of the molecule is CC(C)NCc1cc(S(=O)(=O)N2CCN(C)CC2)cs1. The van der Waals surface area contributed by atoms with Crippen molar-refractivity contribution in [2.45, 2.75) is 31.3 Å². The first-order valence-corrected chi connectivity index (χ1v) is 9.21. The maximum absolute atomic E-state index is 12.5. The minimum Gasteiger partial charge on any atom is -0.310 e. The van der Waals surface area contributed by atoms with Crippen LogP contribution in [0.15, 0.2) is 16.3 Å². The standard InChI is InChI=1S/C13H23N3O2S2/c1-11(2)14-9-12-8-13(10-19-12)20(17,18)16-6-4-15(3)5-7-16/h8,10-11,14H,4-7,9H2,1-3H3. The van der Waals surface area contributed by atoms with Crippen molar-refractivity contribution in [2.24, 2.45) is 0 Å². The Kier molecular flexibility index (Phi) is 5.19. The first-order valence-electron chi connectivity index (χ1n) is 6.89. The van der Waals surface area contributed by atoms with Crippen LogP contribution < -0.4 is 5.32 Å². The average molecular weight is 317 g/mol. The molecule has 1 aromatic rings. The highest BCUT2D eigenvalue weighted by Crippen LogP contribution is 2.23. The molecule has 0 bridgehead atoms. The van der Waals surface area contributed by atoms with Crippen molar-refractivity contribution in [1.29, 1.82) is 0 Å². The summed E-state index contributed by atoms with van der Waals surface area (Å²) in [6.45, 7) is 7.63. The van der Waals surface area contributed by atoms with Gasteiger partial charge in [-0.15, -0.1) is 11.3 Å². The van der Waals surface area contributed by atoms with Crippen LogP contribution in [0.25, 0.3) is 0 Å². The largest absolute Gasteiger partial charge is 0.310 e. The summed E-state index contributed by atoms with van der Waals surface area (Å²) in [4.78, 5) is 3.65. The fourth-order valence-corrected chi connectivity index (χ4v) is 4.71. The molecule has 0 saturated carbocycles. The molecule has 1 aromatic heterocycles. The molecular weight excluding hydrogens is 294 g/mol. The Hall–Kier alpha value is -0.470. The second kappa shape index (κ2) is 6.53. The molecule has 7 heteroatoms. The number of sulfonamides is 1. The lowest BCUT2D eigenvalue weighted by molar-refractivity contribution is 0.222. The van der Waals surface area contributed by atoms with Crippen LogP contribution in [0.4, 0.5) is 0 Å². The molecule has 0 spiro atoms. The fraction of sp³-hybridized carbons (Fsp3) is 0.692. The van der Waals surface area contributed by atoms with Gasteiger partial charge < -0.3 is 10.2 Å². The second-order valence-corrected chi connectivity index (χ2v) is 8.43. The third kappa shape index (κ3) is 3.79. The molecule has 2 heterocycles. The van der Waals surface area contributed by atoms with Gasteiger partial charge in [0.2, 0.25) is 10.0 Å². The van der Waals surface area contributed by atoms with E-state index in [9.17, 15) is 8.42 Å². The number of hydrogen-bond acceptors (Lipinski definition) is 5. The zero-order valence-corrected chi connectivity index (χ0v) is 13.9. The Labute approximate surface area is 125 Å². The van der Waals surface area contributed by atoms with Gasteiger partial charge in [0, 0.05) is 49.0 Å². The van der Waals surface area contributed by atoms with Gasteiger partial charge in [0.15, 0.2) is 0 Å². The van der Waals surface area contributed by atoms with Crippen LogP contribution in [0.5, 0.6) is 0 Å². The first kappa shape index (κ1) is 15.9. The molecule has 2 rings (SSSR count). The Morgan fingerprint density at radius 1 is 1.30 bits per heavy atom. The van der Waals surface area contributed by atoms with Crippen molar-refractivity contribution in [1.82, 2.24) is 14.5 Å². The van der Waals surface area contributed by atoms with Gasteiger partial charge in [0.25, 0.3) is 0 Å². The van der Waals surface area contributed by atoms with Crippen LogP contribution >= 0.6 is 11.3 Å². The Morgan fingerprint density at radius 2 is 1.95 bits per heavy atom. The summed E-state index contributed by atoms with van der Waals surface area (Å²) in [5, 5.41) is 5.06. The minimum absolute atomic E-state index is 0.398. The summed E-state index contributed by atoms with van der Waals surface area (Å²) in [5.41, 5.74) is 0. The van der Waals surface area contributed by atoms with Crippen molar-refractivity contribution in [3.63, 3.8) is 0 Å². The summed E-state index contributed by atoms with van der Waals surface area (Å²) >= 11 is 1.50. The van der Waals surface area contributed by atoms with Gasteiger partial charge in [-0.2, -0.15) is 4.31 Å². The van der Waals surface area contributed by atoms with Crippen molar-refractivity contribution in [3.05, 3.63) is 16.3 Å². The molecule has 0 unspecified atom stereocenters. The topological polar surface area (TPSA) is 52.7 Å². The summed E-state index contributed by atoms with van der Waals surface area (Å²) < 4.78 is 26.7. The lowest BCUT2D eigenvalue weighted by Crippen LogP contribution is -2.46. The lowest BCUT2D eigenvalue weighted by atomic mass is 10.4. The molecular formula is C13H23N3O2S2. The molecule has 114 valence electrons. The molecule has 1 N–H and O–H groups in total. The molecule has 20 heavy (non-hydrogen) atoms. The van der Waals surface area contributed by atoms with Crippen LogP contribution in [0.3, 0.4) is 0 Å². The highest BCUT2D eigenvalue weighted by atomic mass is 32.2. The molecule has 1 aliphatic rings. The third-order valence-electron chi connectivity index (χ3n) is 3.41. The smallest absolute Gasteiger partial charge is 0.243 e. The molecule has 5 nitrogen and oxygen atoms in total. The predicted octanol–water partition coefficient (Wildman–Crippen LogP) is 1.18. The van der Waals surface area contributed by atoms with Crippen LogP contribution in [0, 0.1) is 0 Å². The van der Waals surface area contributed by atoms with E-state index in [4.69, 9.17) is 0 Å². The van der Waals surface area contributed by atoms with Crippen LogP contribution in [-0.4, -0.2) is 56.9 Å². The van der Waals surface area contributed by atoms with E-state index >= 15 is 0 Å². The highest BCUT2D eigenvalue weighted by molar-refractivity contribution is 7.89. The van der Waals surface area contributed by atoms with Crippen molar-refractivity contribution >= 4 is 21.4 Å². The van der Waals surface area contributed by atoms with Gasteiger partial charge in [-0.3, -0.25) is 0 Å². The maximum Gasteiger partial charge on any atom is 0.243 e. The van der Waals surface area contributed by atoms with Gasteiger partial charge >= 0.3 is 0 Å². The normalized spacial score (nSPS) is 18.8. The summed E-state index contributed by atoms with van der Waals surface area (Å²) in [5.74, 6) is 0. The van der Waals surface area contributed by atoms with Crippen LogP contribution in [0.2, 0.25) is 0 Å². The second-order valence-electron chi connectivity index (χ2n) is 5.49. The monoisotopic (exact) mass is 317 g/mol. The number of hydrogen-bond donors (Lipinski definition) is 1. The lowest BCUT2D eigenvalue weighted by Gasteiger charge is -2.31. The Morgan fingerprint density at radius 3 is 2.55 bits per heavy atom. The van der Waals surface area contributed by atoms with Gasteiger partial charge in [0.1, 0.15) is 0 Å². The van der Waals surface area contributed by atoms with Gasteiger partial charge in [-0.1, -0.05) is 13.8 Å². The summed E-state index contributed by atoms with van der Waals surface area (Å²) in [6.07, 6.45) is 0. The molecule has 0 aliphatic carbocycles. The fourth-order valence-electron chi connectivity index (χ4n) is 2.07. The van der Waals surface area contributed by atoms with Crippen molar-refractivity contribution in [3.8, 4) is 0 Å². The molecule has 0 aromatic carbocycles. The van der Waals surface area contributed by atoms with Gasteiger partial charge in [-0.05, 0) is 13.1 Å². The van der Waals surface area contributed by atoms with Crippen LogP contribution in [-0.2, 0) is 16.6 Å². The first-order chi connectivity index (χ1) is 9.39. The Bertz CT molecular complexity index is 532. The zero-order valence-electron chi connectivity index (χ0n) is 12.3.